The molecule has 4 bridgehead atoms. The summed E-state index contributed by atoms with van der Waals surface area (Å²) < 4.78 is 31.0. The van der Waals surface area contributed by atoms with Crippen LogP contribution in [0.3, 0.4) is 0 Å². The maximum Gasteiger partial charge on any atom is 0.343 e. The number of piperazine rings is 1. The van der Waals surface area contributed by atoms with Gasteiger partial charge in [0.1, 0.15) is 28.4 Å². The van der Waals surface area contributed by atoms with Crippen molar-refractivity contribution in [2.75, 3.05) is 50.1 Å². The van der Waals surface area contributed by atoms with Crippen LogP contribution in [0.2, 0.25) is 0 Å². The number of hydrogen-bond acceptors (Lipinski definition) is 17. The molecule has 73 heavy (non-hydrogen) atoms. The van der Waals surface area contributed by atoms with Crippen molar-refractivity contribution in [3.63, 3.8) is 0 Å². The molecule has 5 aliphatic rings. The van der Waals surface area contributed by atoms with Crippen LogP contribution in [0.15, 0.2) is 82.0 Å². The monoisotopic (exact) mass is 1000 g/mol. The van der Waals surface area contributed by atoms with Gasteiger partial charge in [0.05, 0.1) is 47.2 Å². The molecule has 0 radical (unpaired) electrons. The number of nitrogens with one attached hydrogen (secondary N) is 1. The minimum Gasteiger partial charge on any atom is -0.507 e. The van der Waals surface area contributed by atoms with Crippen molar-refractivity contribution in [2.24, 2.45) is 29.6 Å². The summed E-state index contributed by atoms with van der Waals surface area (Å²) in [7, 11) is 1.43. The number of aliphatic hydroxyl groups excluding tert-OH is 3. The van der Waals surface area contributed by atoms with Crippen molar-refractivity contribution < 1.29 is 58.2 Å². The molecule has 8 rings (SSSR count). The molecule has 18 heteroatoms. The molecule has 18 nitrogen and oxygen atoms in total. The second-order valence-corrected chi connectivity index (χ2v) is 20.2. The maximum absolute atomic E-state index is 15.1. The Labute approximate surface area is 423 Å². The number of ether oxygens (including phenoxy) is 4. The largest absolute Gasteiger partial charge is 0.507 e. The van der Waals surface area contributed by atoms with Crippen LogP contribution < -0.4 is 25.1 Å². The molecule has 0 spiro atoms. The van der Waals surface area contributed by atoms with Gasteiger partial charge in [0, 0.05) is 117 Å². The van der Waals surface area contributed by atoms with E-state index in [1.165, 1.54) is 70.8 Å². The number of phenolic OH excluding ortho intramolecular Hbond substituents is 1. The number of rotatable bonds is 6. The van der Waals surface area contributed by atoms with Crippen molar-refractivity contribution >= 4 is 50.9 Å². The summed E-state index contributed by atoms with van der Waals surface area (Å²) in [6.45, 7) is 19.2. The fourth-order valence-electron chi connectivity index (χ4n) is 10.1. The van der Waals surface area contributed by atoms with E-state index in [0.717, 1.165) is 19.6 Å². The van der Waals surface area contributed by atoms with E-state index >= 15 is 4.79 Å². The second kappa shape index (κ2) is 21.0. The predicted octanol–water partition coefficient (Wildman–Crippen LogP) is 6.77. The van der Waals surface area contributed by atoms with Gasteiger partial charge in [-0.25, -0.2) is 9.78 Å². The Balaban J connectivity index is 1.36. The van der Waals surface area contributed by atoms with Crippen molar-refractivity contribution in [2.45, 2.75) is 92.5 Å². The van der Waals surface area contributed by atoms with Crippen molar-refractivity contribution in [1.29, 1.82) is 0 Å². The van der Waals surface area contributed by atoms with Crippen LogP contribution in [0.25, 0.3) is 33.3 Å². The Bertz CT molecular complexity index is 3050. The Morgan fingerprint density at radius 2 is 1.60 bits per heavy atom. The molecule has 1 saturated heterocycles. The first-order valence-electron chi connectivity index (χ1n) is 24.7. The maximum atomic E-state index is 15.1. The van der Waals surface area contributed by atoms with Crippen LogP contribution in [0.1, 0.15) is 81.7 Å². The minimum absolute atomic E-state index is 0.0139. The number of aliphatic hydroxyl groups is 3. The number of carbonyl (C=O) groups is 3. The number of hydrogen-bond donors (Lipinski definition) is 5. The smallest absolute Gasteiger partial charge is 0.343 e. The van der Waals surface area contributed by atoms with Crippen LogP contribution in [0, 0.1) is 36.5 Å². The standard InChI is InChI=1S/C55H65N5O13/c1-27(2)26-59-19-21-60(22-20-59)35-24-37-42(38(25-35)72-54(68)34-14-17-56-18-15-34)57-43-39-40-48(64)33(8)50-41(39)52(66)55(9,73-50)70-23-16-36(69-10)30(5)46(62)32(7)47(63)31(6)45(61)28(3)12-11-13-29(4)53(67)58-44(49(40)65)51(43)71-37/h11-18,23-25,27-28,30-32,36,45-47,61-64H,19-22,26H2,1-10H3,(H,58,67). The van der Waals surface area contributed by atoms with E-state index in [9.17, 15) is 34.8 Å². The molecule has 0 saturated carbocycles. The van der Waals surface area contributed by atoms with Gasteiger partial charge in [0.15, 0.2) is 17.1 Å². The van der Waals surface area contributed by atoms with Gasteiger partial charge in [-0.15, -0.1) is 0 Å². The number of allylic oxidation sites excluding steroid dienone is 2. The lowest BCUT2D eigenvalue weighted by Gasteiger charge is -2.37. The number of fused-ring (bicyclic) bond motifs is 2. The summed E-state index contributed by atoms with van der Waals surface area (Å²) in [5.41, 5.74) is -0.599. The lowest BCUT2D eigenvalue weighted by atomic mass is 9.78. The average molecular weight is 1000 g/mol. The van der Waals surface area contributed by atoms with Crippen molar-refractivity contribution in [3.8, 4) is 28.7 Å². The van der Waals surface area contributed by atoms with Crippen molar-refractivity contribution in [1.82, 2.24) is 14.9 Å². The molecular weight excluding hydrogens is 939 g/mol. The Hall–Kier alpha value is -6.70. The summed E-state index contributed by atoms with van der Waals surface area (Å²) in [6, 6.07) is 6.40. The molecule has 1 aromatic heterocycles. The number of benzene rings is 3. The highest BCUT2D eigenvalue weighted by Crippen LogP contribution is 2.51. The summed E-state index contributed by atoms with van der Waals surface area (Å²) in [6.07, 6.45) is 6.20. The van der Waals surface area contributed by atoms with Gasteiger partial charge < -0.3 is 54.0 Å². The molecule has 5 N–H and O–H groups in total. The first kappa shape index (κ1) is 52.6. The zero-order valence-electron chi connectivity index (χ0n) is 42.8. The van der Waals surface area contributed by atoms with Crippen LogP contribution in [0.4, 0.5) is 11.4 Å². The summed E-state index contributed by atoms with van der Waals surface area (Å²) in [4.78, 5) is 71.7. The Morgan fingerprint density at radius 1 is 0.932 bits per heavy atom. The topological polar surface area (TPSA) is 244 Å². The molecule has 9 unspecified atom stereocenters. The van der Waals surface area contributed by atoms with Crippen LogP contribution in [-0.2, 0) is 14.3 Å². The van der Waals surface area contributed by atoms with E-state index in [0.29, 0.717) is 24.7 Å². The predicted molar refractivity (Wildman–Crippen MR) is 274 cm³/mol. The van der Waals surface area contributed by atoms with Gasteiger partial charge in [-0.1, -0.05) is 59.8 Å². The summed E-state index contributed by atoms with van der Waals surface area (Å²) in [5, 5.41) is 48.5. The van der Waals surface area contributed by atoms with Crippen LogP contribution in [-0.4, -0.2) is 123 Å². The molecular formula is C55H65N5O13. The molecule has 3 aromatic rings. The highest BCUT2D eigenvalue weighted by Gasteiger charge is 2.50. The van der Waals surface area contributed by atoms with E-state index in [-0.39, 0.29) is 67.1 Å². The number of amides is 1. The lowest BCUT2D eigenvalue weighted by Crippen LogP contribution is -2.47. The van der Waals surface area contributed by atoms with Crippen LogP contribution >= 0.6 is 0 Å². The number of carbonyl (C=O) groups excluding carboxylic acids is 3. The molecule has 1 fully saturated rings. The third-order valence-corrected chi connectivity index (χ3v) is 14.6. The number of anilines is 2. The van der Waals surface area contributed by atoms with Gasteiger partial charge in [0.25, 0.3) is 11.7 Å². The number of ketones is 1. The zero-order chi connectivity index (χ0) is 52.8. The van der Waals surface area contributed by atoms with E-state index in [1.807, 2.05) is 0 Å². The first-order valence-corrected chi connectivity index (χ1v) is 24.7. The normalized spacial score (nSPS) is 26.7. The summed E-state index contributed by atoms with van der Waals surface area (Å²) >= 11 is 0. The quantitative estimate of drug-likeness (QED) is 0.0510. The number of aromatic hydroxyl groups is 1. The molecule has 388 valence electrons. The Kier molecular flexibility index (Phi) is 15.2. The van der Waals surface area contributed by atoms with E-state index in [1.54, 1.807) is 52.0 Å². The number of phenols is 1. The SMILES string of the molecule is COC1C=COC2(C)Oc3c(C)c(O)c4c(=O)c(c5oc6cc(N7CCN(CC(C)C)CC7)cc(OC(=O)c7ccncc7)c6nc-5c4c3C2=O)NC(=O)C(C)=CC=CC(C)C(O)C(C)C(O)C(C)C(O)C1C. The molecule has 2 aromatic carbocycles. The van der Waals surface area contributed by atoms with Crippen LogP contribution in [0.5, 0.6) is 17.2 Å². The fourth-order valence-corrected chi connectivity index (χ4v) is 10.1. The zero-order valence-corrected chi connectivity index (χ0v) is 42.8. The number of aromatic nitrogens is 2. The third-order valence-electron chi connectivity index (χ3n) is 14.6. The lowest BCUT2D eigenvalue weighted by molar-refractivity contribution is -0.112. The highest BCUT2D eigenvalue weighted by atomic mass is 16.7. The number of pyridine rings is 1. The van der Waals surface area contributed by atoms with Gasteiger partial charge in [-0.05, 0) is 38.0 Å². The third kappa shape index (κ3) is 10.1. The molecule has 4 aliphatic heterocycles. The summed E-state index contributed by atoms with van der Waals surface area (Å²) in [5.74, 6) is -7.40. The number of esters is 1. The molecule has 1 aliphatic carbocycles. The van der Waals surface area contributed by atoms with Crippen molar-refractivity contribution in [3.05, 3.63) is 99.7 Å². The molecule has 5 heterocycles. The number of methoxy groups -OCH3 is 1. The van der Waals surface area contributed by atoms with Gasteiger partial charge in [-0.3, -0.25) is 24.3 Å². The first-order chi connectivity index (χ1) is 34.6. The molecule has 1 amide bonds. The fraction of sp³-hybridized carbons (Fsp3) is 0.455. The number of Topliss-reactive ketones (excluding diaryl/α,β-unsaturated/α-hetero) is 1. The number of nitrogens with zero attached hydrogens (tertiary/aromatic N) is 4. The Morgan fingerprint density at radius 3 is 2.27 bits per heavy atom. The van der Waals surface area contributed by atoms with Gasteiger partial charge in [-0.2, -0.15) is 0 Å². The van der Waals surface area contributed by atoms with Gasteiger partial charge in [0.2, 0.25) is 5.43 Å². The highest BCUT2D eigenvalue weighted by molar-refractivity contribution is 6.22. The second-order valence-electron chi connectivity index (χ2n) is 20.2. The van der Waals surface area contributed by atoms with Gasteiger partial charge >= 0.3 is 11.8 Å². The average Bonchev–Trinajstić information content (AvgIpc) is 3.64. The minimum atomic E-state index is -2.10. The van der Waals surface area contributed by atoms with E-state index in [2.05, 4.69) is 33.9 Å². The van der Waals surface area contributed by atoms with E-state index < -0.39 is 88.4 Å². The van der Waals surface area contributed by atoms with E-state index in [4.69, 9.17) is 28.3 Å². The molecule has 9 atom stereocenters.